The fraction of sp³-hybridized carbons (Fsp3) is 0.364. The number of methoxy groups -OCH3 is 2. The molecular weight excluding hydrogens is 342 g/mol. The number of carbonyl (C=O) groups excluding carboxylic acids is 2. The molecule has 0 unspecified atom stereocenters. The molecular formula is C22H25NO4. The Hall–Kier alpha value is -2.66. The molecule has 1 heterocycles. The molecule has 5 nitrogen and oxygen atoms in total. The first-order chi connectivity index (χ1) is 13.1. The van der Waals surface area contributed by atoms with Crippen molar-refractivity contribution in [3.8, 4) is 5.75 Å². The zero-order valence-corrected chi connectivity index (χ0v) is 15.8. The van der Waals surface area contributed by atoms with E-state index in [2.05, 4.69) is 0 Å². The van der Waals surface area contributed by atoms with E-state index in [1.807, 2.05) is 29.2 Å². The Morgan fingerprint density at radius 1 is 1.00 bits per heavy atom. The standard InChI is InChI=1S/C22H25NO4/c1-26-15-16-4-3-5-19(14-16)22(25)23-12-10-18(11-13-23)21(24)17-6-8-20(27-2)9-7-17/h3-9,14,18H,10-13,15H2,1-2H3. The number of carbonyl (C=O) groups is 2. The minimum absolute atomic E-state index is 0.0169. The van der Waals surface area contributed by atoms with Gasteiger partial charge < -0.3 is 14.4 Å². The van der Waals surface area contributed by atoms with E-state index in [9.17, 15) is 9.59 Å². The van der Waals surface area contributed by atoms with Gasteiger partial charge in [0, 0.05) is 37.2 Å². The van der Waals surface area contributed by atoms with Crippen LogP contribution in [-0.2, 0) is 11.3 Å². The van der Waals surface area contributed by atoms with Crippen LogP contribution in [0.3, 0.4) is 0 Å². The van der Waals surface area contributed by atoms with E-state index in [-0.39, 0.29) is 17.6 Å². The molecule has 0 aliphatic carbocycles. The summed E-state index contributed by atoms with van der Waals surface area (Å²) >= 11 is 0. The van der Waals surface area contributed by atoms with Crippen LogP contribution in [0.15, 0.2) is 48.5 Å². The number of piperidine rings is 1. The van der Waals surface area contributed by atoms with E-state index in [4.69, 9.17) is 9.47 Å². The third-order valence-electron chi connectivity index (χ3n) is 5.01. The summed E-state index contributed by atoms with van der Waals surface area (Å²) < 4.78 is 10.3. The largest absolute Gasteiger partial charge is 0.497 e. The molecule has 1 fully saturated rings. The van der Waals surface area contributed by atoms with Crippen LogP contribution in [0.1, 0.15) is 39.1 Å². The van der Waals surface area contributed by atoms with Gasteiger partial charge in [0.15, 0.2) is 5.78 Å². The van der Waals surface area contributed by atoms with Crippen LogP contribution < -0.4 is 4.74 Å². The SMILES string of the molecule is COCc1cccc(C(=O)N2CCC(C(=O)c3ccc(OC)cc3)CC2)c1. The van der Waals surface area contributed by atoms with Gasteiger partial charge in [-0.25, -0.2) is 0 Å². The smallest absolute Gasteiger partial charge is 0.253 e. The average Bonchev–Trinajstić information content (AvgIpc) is 2.73. The maximum Gasteiger partial charge on any atom is 0.253 e. The van der Waals surface area contributed by atoms with Crippen LogP contribution in [0, 0.1) is 5.92 Å². The Morgan fingerprint density at radius 3 is 2.33 bits per heavy atom. The van der Waals surface area contributed by atoms with Gasteiger partial charge >= 0.3 is 0 Å². The van der Waals surface area contributed by atoms with Crippen molar-refractivity contribution in [1.29, 1.82) is 0 Å². The van der Waals surface area contributed by atoms with Crippen molar-refractivity contribution >= 4 is 11.7 Å². The van der Waals surface area contributed by atoms with Gasteiger partial charge in [-0.3, -0.25) is 9.59 Å². The van der Waals surface area contributed by atoms with Crippen LogP contribution in [0.5, 0.6) is 5.75 Å². The molecule has 1 amide bonds. The van der Waals surface area contributed by atoms with E-state index in [1.54, 1.807) is 38.5 Å². The molecule has 0 saturated carbocycles. The van der Waals surface area contributed by atoms with Crippen LogP contribution in [0.2, 0.25) is 0 Å². The van der Waals surface area contributed by atoms with Crippen molar-refractivity contribution < 1.29 is 19.1 Å². The molecule has 142 valence electrons. The summed E-state index contributed by atoms with van der Waals surface area (Å²) in [5, 5.41) is 0. The van der Waals surface area contributed by atoms with E-state index in [0.29, 0.717) is 43.7 Å². The van der Waals surface area contributed by atoms with Gasteiger partial charge in [-0.15, -0.1) is 0 Å². The number of Topliss-reactive ketones (excluding diaryl/α,β-unsaturated/α-hetero) is 1. The Balaban J connectivity index is 1.60. The number of nitrogens with zero attached hydrogens (tertiary/aromatic N) is 1. The monoisotopic (exact) mass is 367 g/mol. The van der Waals surface area contributed by atoms with E-state index < -0.39 is 0 Å². The topological polar surface area (TPSA) is 55.8 Å². The number of hydrogen-bond donors (Lipinski definition) is 0. The van der Waals surface area contributed by atoms with Crippen molar-refractivity contribution in [2.45, 2.75) is 19.4 Å². The Morgan fingerprint density at radius 2 is 1.70 bits per heavy atom. The molecule has 27 heavy (non-hydrogen) atoms. The molecule has 3 rings (SSSR count). The molecule has 1 aliphatic rings. The molecule has 1 saturated heterocycles. The van der Waals surface area contributed by atoms with Gasteiger partial charge in [0.1, 0.15) is 5.75 Å². The molecule has 2 aromatic carbocycles. The summed E-state index contributed by atoms with van der Waals surface area (Å²) in [7, 11) is 3.24. The number of benzene rings is 2. The Labute approximate surface area is 159 Å². The lowest BCUT2D eigenvalue weighted by Gasteiger charge is -2.31. The summed E-state index contributed by atoms with van der Waals surface area (Å²) in [6, 6.07) is 14.7. The molecule has 0 atom stereocenters. The Kier molecular flexibility index (Phi) is 6.24. The summed E-state index contributed by atoms with van der Waals surface area (Å²) in [5.74, 6) is 0.861. The van der Waals surface area contributed by atoms with E-state index in [1.165, 1.54) is 0 Å². The Bertz CT molecular complexity index is 792. The fourth-order valence-electron chi connectivity index (χ4n) is 3.48. The number of rotatable bonds is 6. The van der Waals surface area contributed by atoms with Gasteiger partial charge in [-0.2, -0.15) is 0 Å². The van der Waals surface area contributed by atoms with Crippen molar-refractivity contribution in [1.82, 2.24) is 4.90 Å². The maximum atomic E-state index is 12.8. The number of ether oxygens (including phenoxy) is 2. The lowest BCUT2D eigenvalue weighted by molar-refractivity contribution is 0.0650. The summed E-state index contributed by atoms with van der Waals surface area (Å²) in [5.41, 5.74) is 2.35. The molecule has 0 spiro atoms. The summed E-state index contributed by atoms with van der Waals surface area (Å²) in [6.45, 7) is 1.68. The van der Waals surface area contributed by atoms with Gasteiger partial charge in [-0.05, 0) is 54.8 Å². The molecule has 0 radical (unpaired) electrons. The minimum atomic E-state index is -0.0396. The highest BCUT2D eigenvalue weighted by molar-refractivity contribution is 5.98. The number of ketones is 1. The first kappa shape index (κ1) is 19.1. The normalized spacial score (nSPS) is 14.8. The first-order valence-electron chi connectivity index (χ1n) is 9.18. The molecule has 0 bridgehead atoms. The fourth-order valence-corrected chi connectivity index (χ4v) is 3.48. The second kappa shape index (κ2) is 8.82. The number of hydrogen-bond acceptors (Lipinski definition) is 4. The third-order valence-corrected chi connectivity index (χ3v) is 5.01. The summed E-state index contributed by atoms with van der Waals surface area (Å²) in [4.78, 5) is 27.3. The molecule has 2 aromatic rings. The lowest BCUT2D eigenvalue weighted by atomic mass is 9.88. The summed E-state index contributed by atoms with van der Waals surface area (Å²) in [6.07, 6.45) is 1.38. The minimum Gasteiger partial charge on any atom is -0.497 e. The van der Waals surface area contributed by atoms with Gasteiger partial charge in [0.2, 0.25) is 0 Å². The average molecular weight is 367 g/mol. The van der Waals surface area contributed by atoms with E-state index in [0.717, 1.165) is 11.3 Å². The maximum absolute atomic E-state index is 12.8. The zero-order valence-electron chi connectivity index (χ0n) is 15.8. The highest BCUT2D eigenvalue weighted by Gasteiger charge is 2.28. The highest BCUT2D eigenvalue weighted by atomic mass is 16.5. The van der Waals surface area contributed by atoms with Crippen molar-refractivity contribution in [2.75, 3.05) is 27.3 Å². The predicted molar refractivity (Wildman–Crippen MR) is 103 cm³/mol. The van der Waals surface area contributed by atoms with Crippen LogP contribution >= 0.6 is 0 Å². The quantitative estimate of drug-likeness (QED) is 0.733. The predicted octanol–water partition coefficient (Wildman–Crippen LogP) is 3.58. The molecule has 5 heteroatoms. The molecule has 0 N–H and O–H groups in total. The van der Waals surface area contributed by atoms with Gasteiger partial charge in [0.25, 0.3) is 5.91 Å². The molecule has 1 aliphatic heterocycles. The second-order valence-electron chi connectivity index (χ2n) is 6.79. The van der Waals surface area contributed by atoms with Crippen molar-refractivity contribution in [3.63, 3.8) is 0 Å². The number of likely N-dealkylation sites (tertiary alicyclic amines) is 1. The highest BCUT2D eigenvalue weighted by Crippen LogP contribution is 2.24. The van der Waals surface area contributed by atoms with Gasteiger partial charge in [0.05, 0.1) is 13.7 Å². The number of amides is 1. The first-order valence-corrected chi connectivity index (χ1v) is 9.18. The molecule has 0 aromatic heterocycles. The van der Waals surface area contributed by atoms with Crippen molar-refractivity contribution in [2.24, 2.45) is 5.92 Å². The zero-order chi connectivity index (χ0) is 19.2. The van der Waals surface area contributed by atoms with E-state index >= 15 is 0 Å². The second-order valence-corrected chi connectivity index (χ2v) is 6.79. The lowest BCUT2D eigenvalue weighted by Crippen LogP contribution is -2.40. The van der Waals surface area contributed by atoms with Crippen LogP contribution in [0.4, 0.5) is 0 Å². The van der Waals surface area contributed by atoms with Crippen LogP contribution in [-0.4, -0.2) is 43.9 Å². The third kappa shape index (κ3) is 4.55. The van der Waals surface area contributed by atoms with Crippen molar-refractivity contribution in [3.05, 3.63) is 65.2 Å². The van der Waals surface area contributed by atoms with Crippen LogP contribution in [0.25, 0.3) is 0 Å². The van der Waals surface area contributed by atoms with Gasteiger partial charge in [-0.1, -0.05) is 12.1 Å².